The zero-order chi connectivity index (χ0) is 22.6. The SMILES string of the molecule is O=S(=O)(c1ccccc1)C1CC2CCC(C1)N2S(=O)(=O)c1ccc(Cl)c(C(F)(F)F)c1. The molecule has 2 atom stereocenters. The highest BCUT2D eigenvalue weighted by molar-refractivity contribution is 7.92. The van der Waals surface area contributed by atoms with E-state index in [1.54, 1.807) is 18.2 Å². The van der Waals surface area contributed by atoms with Crippen molar-refractivity contribution in [2.75, 3.05) is 0 Å². The van der Waals surface area contributed by atoms with Crippen molar-refractivity contribution < 1.29 is 30.0 Å². The van der Waals surface area contributed by atoms with Crippen molar-refractivity contribution in [2.24, 2.45) is 0 Å². The predicted molar refractivity (Wildman–Crippen MR) is 109 cm³/mol. The second-order valence-corrected chi connectivity index (χ2v) is 12.3. The van der Waals surface area contributed by atoms with Gasteiger partial charge in [0.1, 0.15) is 0 Å². The molecule has 0 saturated carbocycles. The van der Waals surface area contributed by atoms with Gasteiger partial charge in [-0.15, -0.1) is 0 Å². The zero-order valence-electron chi connectivity index (χ0n) is 16.1. The Morgan fingerprint density at radius 3 is 2.00 bits per heavy atom. The lowest BCUT2D eigenvalue weighted by Crippen LogP contribution is -2.49. The standard InChI is InChI=1S/C20H19ClF3NO4S2/c21-19-9-8-16(12-18(19)20(22,23)24)31(28,29)25-13-6-7-14(25)11-17(10-13)30(26,27)15-4-2-1-3-5-15/h1-5,8-9,12-14,17H,6-7,10-11H2. The van der Waals surface area contributed by atoms with Crippen LogP contribution in [0.4, 0.5) is 13.2 Å². The quantitative estimate of drug-likeness (QED) is 0.628. The number of piperidine rings is 1. The van der Waals surface area contributed by atoms with Gasteiger partial charge in [0, 0.05) is 12.1 Å². The van der Waals surface area contributed by atoms with E-state index in [-0.39, 0.29) is 17.7 Å². The summed E-state index contributed by atoms with van der Waals surface area (Å²) in [6.07, 6.45) is -3.66. The molecule has 2 aromatic rings. The van der Waals surface area contributed by atoms with Gasteiger partial charge in [-0.2, -0.15) is 17.5 Å². The van der Waals surface area contributed by atoms with Gasteiger partial charge in [-0.3, -0.25) is 0 Å². The minimum absolute atomic E-state index is 0.104. The van der Waals surface area contributed by atoms with E-state index in [0.29, 0.717) is 18.9 Å². The van der Waals surface area contributed by atoms with Gasteiger partial charge in [0.15, 0.2) is 9.84 Å². The summed E-state index contributed by atoms with van der Waals surface area (Å²) in [5.74, 6) is 0. The molecule has 2 fully saturated rings. The molecule has 0 amide bonds. The highest BCUT2D eigenvalue weighted by atomic mass is 35.5. The first-order valence-corrected chi connectivity index (χ1v) is 13.0. The number of rotatable bonds is 4. The van der Waals surface area contributed by atoms with Crippen molar-refractivity contribution in [1.29, 1.82) is 0 Å². The molecule has 11 heteroatoms. The van der Waals surface area contributed by atoms with Gasteiger partial charge in [0.05, 0.1) is 25.6 Å². The first-order valence-electron chi connectivity index (χ1n) is 9.61. The number of hydrogen-bond acceptors (Lipinski definition) is 4. The molecule has 0 N–H and O–H groups in total. The molecule has 2 aliphatic rings. The third-order valence-corrected chi connectivity index (χ3v) is 10.5. The van der Waals surface area contributed by atoms with Gasteiger partial charge in [0.25, 0.3) is 0 Å². The van der Waals surface area contributed by atoms with Crippen LogP contribution < -0.4 is 0 Å². The summed E-state index contributed by atoms with van der Waals surface area (Å²) >= 11 is 5.62. The number of hydrogen-bond donors (Lipinski definition) is 0. The minimum atomic E-state index is -4.79. The van der Waals surface area contributed by atoms with E-state index in [2.05, 4.69) is 0 Å². The van der Waals surface area contributed by atoms with E-state index in [0.717, 1.165) is 12.1 Å². The van der Waals surface area contributed by atoms with Crippen LogP contribution in [0.5, 0.6) is 0 Å². The van der Waals surface area contributed by atoms with Gasteiger partial charge < -0.3 is 0 Å². The second-order valence-electron chi connectivity index (χ2n) is 7.81. The first kappa shape index (κ1) is 22.6. The normalized spacial score (nSPS) is 25.0. The molecule has 2 aromatic carbocycles. The van der Waals surface area contributed by atoms with Gasteiger partial charge in [-0.25, -0.2) is 16.8 Å². The predicted octanol–water partition coefficient (Wildman–Crippen LogP) is 4.52. The van der Waals surface area contributed by atoms with E-state index in [1.807, 2.05) is 0 Å². The van der Waals surface area contributed by atoms with Crippen LogP contribution >= 0.6 is 11.6 Å². The van der Waals surface area contributed by atoms with Crippen molar-refractivity contribution in [3.8, 4) is 0 Å². The van der Waals surface area contributed by atoms with Crippen LogP contribution in [0.3, 0.4) is 0 Å². The van der Waals surface area contributed by atoms with Crippen molar-refractivity contribution in [2.45, 2.75) is 59.0 Å². The molecule has 5 nitrogen and oxygen atoms in total. The van der Waals surface area contributed by atoms with Crippen molar-refractivity contribution in [3.05, 3.63) is 59.1 Å². The first-order chi connectivity index (χ1) is 14.4. The Morgan fingerprint density at radius 2 is 1.45 bits per heavy atom. The fourth-order valence-corrected chi connectivity index (χ4v) is 8.55. The van der Waals surface area contributed by atoms with Crippen LogP contribution in [-0.2, 0) is 26.0 Å². The third kappa shape index (κ3) is 3.99. The lowest BCUT2D eigenvalue weighted by molar-refractivity contribution is -0.137. The van der Waals surface area contributed by atoms with Crippen LogP contribution in [0.2, 0.25) is 5.02 Å². The van der Waals surface area contributed by atoms with Gasteiger partial charge in [-0.05, 0) is 56.0 Å². The number of benzene rings is 2. The summed E-state index contributed by atoms with van der Waals surface area (Å²) in [4.78, 5) is -0.311. The van der Waals surface area contributed by atoms with Gasteiger partial charge in [-0.1, -0.05) is 29.8 Å². The molecule has 31 heavy (non-hydrogen) atoms. The van der Waals surface area contributed by atoms with E-state index in [9.17, 15) is 30.0 Å². The molecule has 2 saturated heterocycles. The highest BCUT2D eigenvalue weighted by Gasteiger charge is 2.50. The molecule has 0 aliphatic carbocycles. The molecule has 2 unspecified atom stereocenters. The fourth-order valence-electron chi connectivity index (χ4n) is 4.54. The summed E-state index contributed by atoms with van der Waals surface area (Å²) in [6.45, 7) is 0. The molecular weight excluding hydrogens is 475 g/mol. The highest BCUT2D eigenvalue weighted by Crippen LogP contribution is 2.44. The molecule has 2 heterocycles. The van der Waals surface area contributed by atoms with Crippen LogP contribution in [0.15, 0.2) is 58.3 Å². The van der Waals surface area contributed by atoms with E-state index in [4.69, 9.17) is 11.6 Å². The van der Waals surface area contributed by atoms with Crippen LogP contribution in [0.1, 0.15) is 31.2 Å². The Hall–Kier alpha value is -1.62. The summed E-state index contributed by atoms with van der Waals surface area (Å²) < 4.78 is 93.3. The largest absolute Gasteiger partial charge is 0.417 e. The molecule has 0 aromatic heterocycles. The second kappa shape index (κ2) is 7.75. The summed E-state index contributed by atoms with van der Waals surface area (Å²) in [5, 5.41) is -1.32. The summed E-state index contributed by atoms with van der Waals surface area (Å²) in [7, 11) is -7.89. The van der Waals surface area contributed by atoms with Gasteiger partial charge >= 0.3 is 6.18 Å². The van der Waals surface area contributed by atoms with Crippen LogP contribution in [0.25, 0.3) is 0 Å². The molecule has 0 spiro atoms. The fraction of sp³-hybridized carbons (Fsp3) is 0.400. The topological polar surface area (TPSA) is 71.5 Å². The van der Waals surface area contributed by atoms with Gasteiger partial charge in [0.2, 0.25) is 10.0 Å². The zero-order valence-corrected chi connectivity index (χ0v) is 18.5. The Bertz CT molecular complexity index is 1190. The average molecular weight is 494 g/mol. The number of alkyl halides is 3. The molecule has 0 radical (unpaired) electrons. The van der Waals surface area contributed by atoms with Crippen LogP contribution in [-0.4, -0.2) is 38.5 Å². The molecule has 2 aliphatic heterocycles. The molecular formula is C20H19ClF3NO4S2. The van der Waals surface area contributed by atoms with Crippen LogP contribution in [0, 0.1) is 0 Å². The Kier molecular flexibility index (Phi) is 5.65. The molecule has 2 bridgehead atoms. The lowest BCUT2D eigenvalue weighted by atomic mass is 10.1. The number of halogens is 4. The van der Waals surface area contributed by atoms with E-state index < -0.39 is 58.9 Å². The maximum absolute atomic E-state index is 13.2. The van der Waals surface area contributed by atoms with Crippen molar-refractivity contribution >= 4 is 31.5 Å². The molecule has 4 rings (SSSR count). The Labute approximate surface area is 183 Å². The third-order valence-electron chi connectivity index (χ3n) is 5.95. The molecule has 168 valence electrons. The maximum atomic E-state index is 13.2. The average Bonchev–Trinajstić information content (AvgIpc) is 2.99. The summed E-state index contributed by atoms with van der Waals surface area (Å²) in [6, 6.07) is 9.32. The number of nitrogens with zero attached hydrogens (tertiary/aromatic N) is 1. The number of sulfonamides is 1. The summed E-state index contributed by atoms with van der Waals surface area (Å²) in [5.41, 5.74) is -1.22. The lowest BCUT2D eigenvalue weighted by Gasteiger charge is -2.37. The maximum Gasteiger partial charge on any atom is 0.417 e. The monoisotopic (exact) mass is 493 g/mol. The smallest absolute Gasteiger partial charge is 0.223 e. The number of fused-ring (bicyclic) bond motifs is 2. The van der Waals surface area contributed by atoms with Crippen molar-refractivity contribution in [3.63, 3.8) is 0 Å². The van der Waals surface area contributed by atoms with E-state index >= 15 is 0 Å². The number of sulfone groups is 1. The van der Waals surface area contributed by atoms with E-state index in [1.165, 1.54) is 16.4 Å². The Balaban J connectivity index is 1.65. The van der Waals surface area contributed by atoms with Crippen molar-refractivity contribution in [1.82, 2.24) is 4.31 Å². The minimum Gasteiger partial charge on any atom is -0.223 e. The Morgan fingerprint density at radius 1 is 0.871 bits per heavy atom.